The number of aliphatic hydroxyl groups is 1. The van der Waals surface area contributed by atoms with E-state index >= 15 is 0 Å². The molecule has 1 N–H and O–H groups in total. The van der Waals surface area contributed by atoms with Crippen LogP contribution in [0.25, 0.3) is 0 Å². The molecule has 0 spiro atoms. The standard InChI is InChI=1S/C9H12NO/c1-9(2,7-11)8-4-3-5-10-6-8/h3-5,11H,7H2,1-2H3. The van der Waals surface area contributed by atoms with Crippen LogP contribution in [0.2, 0.25) is 0 Å². The van der Waals surface area contributed by atoms with Crippen LogP contribution in [0.15, 0.2) is 18.3 Å². The highest BCUT2D eigenvalue weighted by Crippen LogP contribution is 2.19. The van der Waals surface area contributed by atoms with Crippen molar-refractivity contribution in [3.63, 3.8) is 0 Å². The van der Waals surface area contributed by atoms with Crippen molar-refractivity contribution in [1.29, 1.82) is 0 Å². The van der Waals surface area contributed by atoms with Gasteiger partial charge in [0.2, 0.25) is 0 Å². The lowest BCUT2D eigenvalue weighted by molar-refractivity contribution is 0.218. The smallest absolute Gasteiger partial charge is 0.0927 e. The summed E-state index contributed by atoms with van der Waals surface area (Å²) in [4.78, 5) is 3.86. The van der Waals surface area contributed by atoms with Gasteiger partial charge in [-0.2, -0.15) is 0 Å². The molecule has 0 bridgehead atoms. The van der Waals surface area contributed by atoms with Crippen molar-refractivity contribution in [3.8, 4) is 0 Å². The predicted octanol–water partition coefficient (Wildman–Crippen LogP) is 1.15. The quantitative estimate of drug-likeness (QED) is 0.686. The molecule has 0 aliphatic carbocycles. The molecule has 2 heteroatoms. The monoisotopic (exact) mass is 150 g/mol. The molecular formula is C9H12NO. The minimum Gasteiger partial charge on any atom is -0.395 e. The molecule has 1 heterocycles. The van der Waals surface area contributed by atoms with E-state index in [9.17, 15) is 0 Å². The minimum absolute atomic E-state index is 0.120. The number of hydrogen-bond donors (Lipinski definition) is 1. The maximum absolute atomic E-state index is 9.00. The van der Waals surface area contributed by atoms with Crippen molar-refractivity contribution >= 4 is 0 Å². The summed E-state index contributed by atoms with van der Waals surface area (Å²) >= 11 is 0. The van der Waals surface area contributed by atoms with Gasteiger partial charge in [0.15, 0.2) is 0 Å². The van der Waals surface area contributed by atoms with Gasteiger partial charge in [0.05, 0.1) is 12.8 Å². The Morgan fingerprint density at radius 3 is 2.82 bits per heavy atom. The fourth-order valence-corrected chi connectivity index (χ4v) is 0.788. The molecule has 1 rings (SSSR count). The summed E-state index contributed by atoms with van der Waals surface area (Å²) in [5.74, 6) is 0. The molecule has 0 saturated carbocycles. The van der Waals surface area contributed by atoms with E-state index in [-0.39, 0.29) is 12.0 Å². The Labute approximate surface area is 66.9 Å². The van der Waals surface area contributed by atoms with Crippen molar-refractivity contribution in [3.05, 3.63) is 30.1 Å². The third kappa shape index (κ3) is 1.77. The van der Waals surface area contributed by atoms with Crippen LogP contribution in [-0.4, -0.2) is 16.7 Å². The van der Waals surface area contributed by atoms with Crippen molar-refractivity contribution in [2.24, 2.45) is 0 Å². The molecule has 0 saturated heterocycles. The SMILES string of the molecule is CC(C)(CO)c1[c]nccc1. The van der Waals surface area contributed by atoms with Gasteiger partial charge < -0.3 is 5.11 Å². The van der Waals surface area contributed by atoms with Gasteiger partial charge in [-0.1, -0.05) is 19.9 Å². The normalized spacial score (nSPS) is 11.5. The van der Waals surface area contributed by atoms with Gasteiger partial charge in [-0.05, 0) is 11.6 Å². The van der Waals surface area contributed by atoms with Crippen molar-refractivity contribution in [2.45, 2.75) is 19.3 Å². The van der Waals surface area contributed by atoms with Crippen LogP contribution >= 0.6 is 0 Å². The number of nitrogens with zero attached hydrogens (tertiary/aromatic N) is 1. The molecule has 0 aromatic carbocycles. The van der Waals surface area contributed by atoms with E-state index in [0.717, 1.165) is 5.56 Å². The lowest BCUT2D eigenvalue weighted by Crippen LogP contribution is -2.22. The second-order valence-electron chi connectivity index (χ2n) is 3.20. The minimum atomic E-state index is -0.228. The molecule has 59 valence electrons. The summed E-state index contributed by atoms with van der Waals surface area (Å²) in [6, 6.07) is 3.77. The lowest BCUT2D eigenvalue weighted by atomic mass is 9.87. The van der Waals surface area contributed by atoms with Crippen LogP contribution in [0.4, 0.5) is 0 Å². The summed E-state index contributed by atoms with van der Waals surface area (Å²) in [6.07, 6.45) is 4.53. The largest absolute Gasteiger partial charge is 0.395 e. The Balaban J connectivity index is 2.93. The Hall–Kier alpha value is -0.890. The van der Waals surface area contributed by atoms with E-state index in [2.05, 4.69) is 11.2 Å². The first-order chi connectivity index (χ1) is 5.17. The summed E-state index contributed by atoms with van der Waals surface area (Å²) in [5, 5.41) is 9.00. The molecule has 0 atom stereocenters. The summed E-state index contributed by atoms with van der Waals surface area (Å²) in [6.45, 7) is 4.04. The molecular weight excluding hydrogens is 138 g/mol. The van der Waals surface area contributed by atoms with Gasteiger partial charge in [0.1, 0.15) is 0 Å². The predicted molar refractivity (Wildman–Crippen MR) is 43.2 cm³/mol. The molecule has 1 aromatic rings. The fourth-order valence-electron chi connectivity index (χ4n) is 0.788. The second-order valence-corrected chi connectivity index (χ2v) is 3.20. The summed E-state index contributed by atoms with van der Waals surface area (Å²) in [5.41, 5.74) is 0.719. The molecule has 0 amide bonds. The number of rotatable bonds is 2. The highest BCUT2D eigenvalue weighted by Gasteiger charge is 2.18. The molecule has 2 nitrogen and oxygen atoms in total. The topological polar surface area (TPSA) is 33.1 Å². The maximum Gasteiger partial charge on any atom is 0.0927 e. The van der Waals surface area contributed by atoms with Gasteiger partial charge >= 0.3 is 0 Å². The Kier molecular flexibility index (Phi) is 2.25. The Morgan fingerprint density at radius 2 is 2.36 bits per heavy atom. The zero-order chi connectivity index (χ0) is 8.32. The van der Waals surface area contributed by atoms with Crippen molar-refractivity contribution < 1.29 is 5.11 Å². The first-order valence-corrected chi connectivity index (χ1v) is 3.61. The van der Waals surface area contributed by atoms with Gasteiger partial charge in [-0.3, -0.25) is 4.98 Å². The van der Waals surface area contributed by atoms with Crippen molar-refractivity contribution in [2.75, 3.05) is 6.61 Å². The van der Waals surface area contributed by atoms with E-state index in [1.807, 2.05) is 26.0 Å². The number of aromatic nitrogens is 1. The zero-order valence-corrected chi connectivity index (χ0v) is 6.83. The van der Waals surface area contributed by atoms with E-state index in [4.69, 9.17) is 5.11 Å². The lowest BCUT2D eigenvalue weighted by Gasteiger charge is -2.20. The average molecular weight is 150 g/mol. The number of hydrogen-bond acceptors (Lipinski definition) is 2. The van der Waals surface area contributed by atoms with Crippen LogP contribution in [0, 0.1) is 6.20 Å². The van der Waals surface area contributed by atoms with Crippen LogP contribution in [0.5, 0.6) is 0 Å². The number of aliphatic hydroxyl groups excluding tert-OH is 1. The third-order valence-corrected chi connectivity index (χ3v) is 1.73. The average Bonchev–Trinajstić information content (AvgIpc) is 2.06. The van der Waals surface area contributed by atoms with Gasteiger partial charge in [-0.15, -0.1) is 0 Å². The van der Waals surface area contributed by atoms with E-state index in [1.165, 1.54) is 0 Å². The van der Waals surface area contributed by atoms with E-state index in [0.29, 0.717) is 0 Å². The van der Waals surface area contributed by atoms with Gasteiger partial charge in [0.25, 0.3) is 0 Å². The Bertz CT molecular complexity index is 218. The number of pyridine rings is 1. The third-order valence-electron chi connectivity index (χ3n) is 1.73. The van der Waals surface area contributed by atoms with Crippen LogP contribution < -0.4 is 0 Å². The van der Waals surface area contributed by atoms with Crippen molar-refractivity contribution in [1.82, 2.24) is 4.98 Å². The zero-order valence-electron chi connectivity index (χ0n) is 6.83. The van der Waals surface area contributed by atoms with Crippen LogP contribution in [-0.2, 0) is 5.41 Å². The first-order valence-electron chi connectivity index (χ1n) is 3.61. The first kappa shape index (κ1) is 8.21. The van der Waals surface area contributed by atoms with Crippen LogP contribution in [0.3, 0.4) is 0 Å². The summed E-state index contributed by atoms with van der Waals surface area (Å²) in [7, 11) is 0. The van der Waals surface area contributed by atoms with E-state index in [1.54, 1.807) is 6.20 Å². The Morgan fingerprint density at radius 1 is 1.64 bits per heavy atom. The highest BCUT2D eigenvalue weighted by atomic mass is 16.3. The van der Waals surface area contributed by atoms with Gasteiger partial charge in [0, 0.05) is 11.6 Å². The maximum atomic E-state index is 9.00. The fraction of sp³-hybridized carbons (Fsp3) is 0.444. The second kappa shape index (κ2) is 3.01. The molecule has 11 heavy (non-hydrogen) atoms. The highest BCUT2D eigenvalue weighted by molar-refractivity contribution is 5.17. The summed E-state index contributed by atoms with van der Waals surface area (Å²) < 4.78 is 0. The van der Waals surface area contributed by atoms with E-state index < -0.39 is 0 Å². The molecule has 1 aromatic heterocycles. The van der Waals surface area contributed by atoms with Crippen LogP contribution in [0.1, 0.15) is 19.4 Å². The van der Waals surface area contributed by atoms with Gasteiger partial charge in [-0.25, -0.2) is 0 Å². The molecule has 0 aliphatic rings. The molecule has 1 radical (unpaired) electrons. The molecule has 0 unspecified atom stereocenters. The molecule has 0 aliphatic heterocycles. The molecule has 0 fully saturated rings.